The first-order chi connectivity index (χ1) is 10.1. The maximum atomic E-state index is 10.9. The summed E-state index contributed by atoms with van der Waals surface area (Å²) in [6.45, 7) is 2.03. The highest BCUT2D eigenvalue weighted by Gasteiger charge is 2.18. The summed E-state index contributed by atoms with van der Waals surface area (Å²) in [6, 6.07) is 17.9. The number of aliphatic hydroxyl groups excluding tert-OH is 1. The van der Waals surface area contributed by atoms with Gasteiger partial charge < -0.3 is 5.11 Å². The van der Waals surface area contributed by atoms with Crippen LogP contribution in [0.4, 0.5) is 0 Å². The van der Waals surface area contributed by atoms with Gasteiger partial charge >= 0.3 is 0 Å². The predicted molar refractivity (Wildman–Crippen MR) is 96.9 cm³/mol. The Morgan fingerprint density at radius 1 is 1.05 bits per heavy atom. The molecule has 0 aliphatic rings. The number of hydrogen-bond donors (Lipinski definition) is 1. The minimum atomic E-state index is -0.679. The van der Waals surface area contributed by atoms with Crippen molar-refractivity contribution in [3.8, 4) is 0 Å². The van der Waals surface area contributed by atoms with Gasteiger partial charge in [-0.3, -0.25) is 0 Å². The lowest BCUT2D eigenvalue weighted by Gasteiger charge is -2.18. The van der Waals surface area contributed by atoms with Crippen molar-refractivity contribution >= 4 is 45.0 Å². The molecule has 0 bridgehead atoms. The second kappa shape index (κ2) is 5.95. The number of halogens is 2. The molecule has 0 aromatic heterocycles. The smallest absolute Gasteiger partial charge is 0.106 e. The zero-order chi connectivity index (χ0) is 15.0. The largest absolute Gasteiger partial charge is 0.384 e. The number of aryl methyl sites for hydroxylation is 1. The van der Waals surface area contributed by atoms with E-state index in [1.807, 2.05) is 37.3 Å². The summed E-state index contributed by atoms with van der Waals surface area (Å²) in [7, 11) is 0. The molecule has 0 fully saturated rings. The van der Waals surface area contributed by atoms with E-state index in [2.05, 4.69) is 46.9 Å². The Labute approximate surface area is 142 Å². The molecular weight excluding hydrogens is 395 g/mol. The van der Waals surface area contributed by atoms with E-state index in [4.69, 9.17) is 11.6 Å². The summed E-state index contributed by atoms with van der Waals surface area (Å²) in [5, 5.41) is 13.8. The molecular formula is C18H14ClIO. The fourth-order valence-electron chi connectivity index (χ4n) is 2.65. The van der Waals surface area contributed by atoms with Crippen LogP contribution in [-0.2, 0) is 0 Å². The van der Waals surface area contributed by atoms with Crippen molar-refractivity contribution in [2.45, 2.75) is 13.0 Å². The molecule has 1 nitrogen and oxygen atoms in total. The second-order valence-corrected chi connectivity index (χ2v) is 6.68. The third kappa shape index (κ3) is 2.80. The van der Waals surface area contributed by atoms with Crippen LogP contribution >= 0.6 is 34.2 Å². The van der Waals surface area contributed by atoms with Gasteiger partial charge in [0.1, 0.15) is 6.10 Å². The van der Waals surface area contributed by atoms with Crippen molar-refractivity contribution in [1.82, 2.24) is 0 Å². The van der Waals surface area contributed by atoms with Crippen molar-refractivity contribution in [3.63, 3.8) is 0 Å². The minimum Gasteiger partial charge on any atom is -0.384 e. The molecule has 3 aromatic carbocycles. The first-order valence-electron chi connectivity index (χ1n) is 6.69. The molecule has 0 heterocycles. The van der Waals surface area contributed by atoms with E-state index in [1.165, 1.54) is 0 Å². The maximum Gasteiger partial charge on any atom is 0.106 e. The Morgan fingerprint density at radius 3 is 2.62 bits per heavy atom. The van der Waals surface area contributed by atoms with E-state index in [-0.39, 0.29) is 0 Å². The summed E-state index contributed by atoms with van der Waals surface area (Å²) in [5.74, 6) is 0. The highest BCUT2D eigenvalue weighted by Crippen LogP contribution is 2.34. The van der Waals surface area contributed by atoms with Crippen LogP contribution in [-0.4, -0.2) is 5.11 Å². The summed E-state index contributed by atoms with van der Waals surface area (Å²) in [4.78, 5) is 0. The molecule has 106 valence electrons. The maximum absolute atomic E-state index is 10.9. The molecule has 0 aliphatic heterocycles. The summed E-state index contributed by atoms with van der Waals surface area (Å²) >= 11 is 8.33. The van der Waals surface area contributed by atoms with Crippen molar-refractivity contribution in [2.75, 3.05) is 0 Å². The van der Waals surface area contributed by atoms with E-state index in [9.17, 15) is 5.11 Å². The lowest BCUT2D eigenvalue weighted by Crippen LogP contribution is -2.05. The zero-order valence-corrected chi connectivity index (χ0v) is 14.4. The molecule has 21 heavy (non-hydrogen) atoms. The van der Waals surface area contributed by atoms with Gasteiger partial charge in [-0.1, -0.05) is 48.0 Å². The normalized spacial score (nSPS) is 12.6. The topological polar surface area (TPSA) is 20.2 Å². The molecule has 1 atom stereocenters. The lowest BCUT2D eigenvalue weighted by molar-refractivity contribution is 0.220. The fraction of sp³-hybridized carbons (Fsp3) is 0.111. The highest BCUT2D eigenvalue weighted by molar-refractivity contribution is 14.1. The third-order valence-electron chi connectivity index (χ3n) is 3.71. The Bertz CT molecular complexity index is 813. The average Bonchev–Trinajstić information content (AvgIpc) is 2.49. The second-order valence-electron chi connectivity index (χ2n) is 5.09. The quantitative estimate of drug-likeness (QED) is 0.556. The van der Waals surface area contributed by atoms with Gasteiger partial charge in [-0.15, -0.1) is 0 Å². The van der Waals surface area contributed by atoms with Gasteiger partial charge in [0.15, 0.2) is 0 Å². The molecule has 0 spiro atoms. The van der Waals surface area contributed by atoms with Gasteiger partial charge in [0.05, 0.1) is 0 Å². The molecule has 0 aliphatic carbocycles. The lowest BCUT2D eigenvalue weighted by atomic mass is 9.92. The van der Waals surface area contributed by atoms with Crippen LogP contribution in [0.5, 0.6) is 0 Å². The molecule has 3 heteroatoms. The Hall–Kier alpha value is -1.10. The van der Waals surface area contributed by atoms with Crippen molar-refractivity contribution < 1.29 is 5.11 Å². The Balaban J connectivity index is 2.24. The first-order valence-corrected chi connectivity index (χ1v) is 8.15. The molecule has 3 rings (SSSR count). The zero-order valence-electron chi connectivity index (χ0n) is 11.5. The molecule has 0 saturated heterocycles. The first kappa shape index (κ1) is 14.8. The van der Waals surface area contributed by atoms with Crippen molar-refractivity contribution in [3.05, 3.63) is 79.9 Å². The van der Waals surface area contributed by atoms with E-state index in [0.717, 1.165) is 31.0 Å². The summed E-state index contributed by atoms with van der Waals surface area (Å²) in [5.41, 5.74) is 2.88. The van der Waals surface area contributed by atoms with Crippen LogP contribution in [0.2, 0.25) is 5.02 Å². The SMILES string of the molecule is Cc1ccc2ccccc2c1C(O)c1cc(Cl)ccc1I. The fourth-order valence-corrected chi connectivity index (χ4v) is 3.46. The van der Waals surface area contributed by atoms with E-state index >= 15 is 0 Å². The van der Waals surface area contributed by atoms with Gasteiger partial charge in [-0.2, -0.15) is 0 Å². The number of benzene rings is 3. The van der Waals surface area contributed by atoms with Crippen molar-refractivity contribution in [2.24, 2.45) is 0 Å². The average molecular weight is 409 g/mol. The van der Waals surface area contributed by atoms with Crippen LogP contribution < -0.4 is 0 Å². The van der Waals surface area contributed by atoms with Gasteiger partial charge in [-0.25, -0.2) is 0 Å². The van der Waals surface area contributed by atoms with Gasteiger partial charge in [-0.05, 0) is 75.2 Å². The van der Waals surface area contributed by atoms with Crippen LogP contribution in [0.3, 0.4) is 0 Å². The van der Waals surface area contributed by atoms with Crippen LogP contribution in [0, 0.1) is 10.5 Å². The standard InChI is InChI=1S/C18H14ClIO/c1-11-6-7-12-4-2-3-5-14(12)17(11)18(21)15-10-13(19)8-9-16(15)20/h2-10,18,21H,1H3. The Kier molecular flexibility index (Phi) is 4.20. The van der Waals surface area contributed by atoms with E-state index in [1.54, 1.807) is 0 Å². The number of hydrogen-bond acceptors (Lipinski definition) is 1. The minimum absolute atomic E-state index is 0.641. The summed E-state index contributed by atoms with van der Waals surface area (Å²) in [6.07, 6.45) is -0.679. The molecule has 0 radical (unpaired) electrons. The van der Waals surface area contributed by atoms with Crippen LogP contribution in [0.15, 0.2) is 54.6 Å². The number of rotatable bonds is 2. The molecule has 0 saturated carbocycles. The summed E-state index contributed by atoms with van der Waals surface area (Å²) < 4.78 is 1.01. The predicted octanol–water partition coefficient (Wildman–Crippen LogP) is 5.49. The van der Waals surface area contributed by atoms with Crippen LogP contribution in [0.1, 0.15) is 22.8 Å². The molecule has 1 unspecified atom stereocenters. The third-order valence-corrected chi connectivity index (χ3v) is 4.93. The van der Waals surface area contributed by atoms with E-state index in [0.29, 0.717) is 5.02 Å². The van der Waals surface area contributed by atoms with Crippen molar-refractivity contribution in [1.29, 1.82) is 0 Å². The monoisotopic (exact) mass is 408 g/mol. The number of aliphatic hydroxyl groups is 1. The van der Waals surface area contributed by atoms with Gasteiger partial charge in [0.2, 0.25) is 0 Å². The van der Waals surface area contributed by atoms with Gasteiger partial charge in [0, 0.05) is 8.59 Å². The molecule has 1 N–H and O–H groups in total. The molecule has 3 aromatic rings. The molecule has 0 amide bonds. The van der Waals surface area contributed by atoms with E-state index < -0.39 is 6.10 Å². The highest BCUT2D eigenvalue weighted by atomic mass is 127. The number of fused-ring (bicyclic) bond motifs is 1. The Morgan fingerprint density at radius 2 is 1.81 bits per heavy atom. The van der Waals surface area contributed by atoms with Gasteiger partial charge in [0.25, 0.3) is 0 Å². The van der Waals surface area contributed by atoms with Crippen LogP contribution in [0.25, 0.3) is 10.8 Å².